The monoisotopic (exact) mass is 304 g/mol. The number of aromatic amines is 1. The highest BCUT2D eigenvalue weighted by atomic mass is 32.2. The molecular formula is C14H16N4O2S. The topological polar surface area (TPSA) is 87.7 Å². The fourth-order valence-corrected chi connectivity index (χ4v) is 2.37. The van der Waals surface area contributed by atoms with Gasteiger partial charge in [-0.3, -0.25) is 14.7 Å². The number of nitrogens with zero attached hydrogens (tertiary/aromatic N) is 2. The fraction of sp³-hybridized carbons (Fsp3) is 0.286. The van der Waals surface area contributed by atoms with E-state index in [4.69, 9.17) is 0 Å². The highest BCUT2D eigenvalue weighted by Crippen LogP contribution is 2.16. The van der Waals surface area contributed by atoms with Crippen molar-refractivity contribution in [3.8, 4) is 0 Å². The van der Waals surface area contributed by atoms with Crippen molar-refractivity contribution in [1.29, 1.82) is 0 Å². The molecule has 6 nitrogen and oxygen atoms in total. The molecule has 0 bridgehead atoms. The number of amides is 1. The summed E-state index contributed by atoms with van der Waals surface area (Å²) in [5.41, 5.74) is 1.27. The summed E-state index contributed by atoms with van der Waals surface area (Å²) in [6.45, 7) is 3.42. The number of carbonyl (C=O) groups excluding carboxylic acids is 2. The van der Waals surface area contributed by atoms with Crippen LogP contribution in [0, 0.1) is 0 Å². The van der Waals surface area contributed by atoms with Crippen molar-refractivity contribution in [3.63, 3.8) is 0 Å². The molecule has 21 heavy (non-hydrogen) atoms. The summed E-state index contributed by atoms with van der Waals surface area (Å²) < 4.78 is 0. The molecule has 0 spiro atoms. The molecule has 0 saturated heterocycles. The summed E-state index contributed by atoms with van der Waals surface area (Å²) >= 11 is 1.30. The second kappa shape index (κ2) is 7.03. The first kappa shape index (κ1) is 15.2. The predicted molar refractivity (Wildman–Crippen MR) is 81.6 cm³/mol. The van der Waals surface area contributed by atoms with Crippen molar-refractivity contribution in [2.45, 2.75) is 25.4 Å². The fourth-order valence-electron chi connectivity index (χ4n) is 1.66. The lowest BCUT2D eigenvalue weighted by atomic mass is 10.1. The average molecular weight is 304 g/mol. The molecule has 2 N–H and O–H groups in total. The molecular weight excluding hydrogens is 288 g/mol. The molecule has 0 fully saturated rings. The van der Waals surface area contributed by atoms with Crippen LogP contribution in [-0.4, -0.2) is 32.6 Å². The largest absolute Gasteiger partial charge is 0.326 e. The number of hydrogen-bond acceptors (Lipinski definition) is 5. The predicted octanol–water partition coefficient (Wildman–Crippen LogP) is 2.30. The zero-order valence-corrected chi connectivity index (χ0v) is 12.7. The Morgan fingerprint density at radius 3 is 2.57 bits per heavy atom. The molecule has 110 valence electrons. The van der Waals surface area contributed by atoms with Crippen molar-refractivity contribution in [2.24, 2.45) is 0 Å². The molecule has 1 aromatic carbocycles. The summed E-state index contributed by atoms with van der Waals surface area (Å²) in [4.78, 5) is 27.2. The number of nitrogens with one attached hydrogen (secondary N) is 2. The molecule has 7 heteroatoms. The van der Waals surface area contributed by atoms with E-state index in [1.54, 1.807) is 24.3 Å². The van der Waals surface area contributed by atoms with Gasteiger partial charge in [-0.2, -0.15) is 0 Å². The van der Waals surface area contributed by atoms with Crippen LogP contribution < -0.4 is 5.32 Å². The Morgan fingerprint density at radius 1 is 1.29 bits per heavy atom. The van der Waals surface area contributed by atoms with Crippen LogP contribution in [0.5, 0.6) is 0 Å². The number of anilines is 1. The molecule has 1 heterocycles. The molecule has 0 aliphatic carbocycles. The van der Waals surface area contributed by atoms with Crippen LogP contribution in [0.15, 0.2) is 29.4 Å². The highest BCUT2D eigenvalue weighted by molar-refractivity contribution is 7.99. The molecule has 0 radical (unpaired) electrons. The molecule has 1 amide bonds. The van der Waals surface area contributed by atoms with Gasteiger partial charge < -0.3 is 5.32 Å². The van der Waals surface area contributed by atoms with Gasteiger partial charge in [-0.1, -0.05) is 18.7 Å². The van der Waals surface area contributed by atoms with Gasteiger partial charge in [0.25, 0.3) is 0 Å². The van der Waals surface area contributed by atoms with Crippen molar-refractivity contribution >= 4 is 29.1 Å². The van der Waals surface area contributed by atoms with Gasteiger partial charge in [0.1, 0.15) is 5.82 Å². The van der Waals surface area contributed by atoms with Gasteiger partial charge in [0.15, 0.2) is 5.78 Å². The molecule has 1 aromatic heterocycles. The first-order chi connectivity index (χ1) is 10.1. The Kier molecular flexibility index (Phi) is 5.10. The van der Waals surface area contributed by atoms with Gasteiger partial charge in [-0.05, 0) is 24.3 Å². The number of ketones is 1. The average Bonchev–Trinajstić information content (AvgIpc) is 2.93. The normalized spacial score (nSPS) is 10.4. The minimum atomic E-state index is -0.138. The number of carbonyl (C=O) groups is 2. The number of rotatable bonds is 6. The Morgan fingerprint density at radius 2 is 2.00 bits per heavy atom. The van der Waals surface area contributed by atoms with E-state index in [0.717, 1.165) is 12.2 Å². The van der Waals surface area contributed by atoms with Crippen LogP contribution >= 0.6 is 11.8 Å². The van der Waals surface area contributed by atoms with Crippen LogP contribution in [0.3, 0.4) is 0 Å². The van der Waals surface area contributed by atoms with E-state index in [1.165, 1.54) is 18.7 Å². The molecule has 0 aliphatic heterocycles. The van der Waals surface area contributed by atoms with Crippen LogP contribution in [0.25, 0.3) is 0 Å². The Bertz CT molecular complexity index is 637. The highest BCUT2D eigenvalue weighted by Gasteiger charge is 2.09. The van der Waals surface area contributed by atoms with Crippen molar-refractivity contribution in [2.75, 3.05) is 11.1 Å². The van der Waals surface area contributed by atoms with E-state index in [0.29, 0.717) is 16.4 Å². The van der Waals surface area contributed by atoms with Gasteiger partial charge in [0, 0.05) is 24.6 Å². The van der Waals surface area contributed by atoms with E-state index < -0.39 is 0 Å². The van der Waals surface area contributed by atoms with Gasteiger partial charge in [0.05, 0.1) is 5.75 Å². The number of thioether (sulfide) groups is 1. The molecule has 2 aromatic rings. The van der Waals surface area contributed by atoms with E-state index in [2.05, 4.69) is 20.5 Å². The maximum atomic E-state index is 12.1. The first-order valence-electron chi connectivity index (χ1n) is 6.53. The quantitative estimate of drug-likeness (QED) is 0.631. The number of aromatic nitrogens is 3. The van der Waals surface area contributed by atoms with E-state index in [-0.39, 0.29) is 17.4 Å². The summed E-state index contributed by atoms with van der Waals surface area (Å²) in [5.74, 6) is 0.948. The van der Waals surface area contributed by atoms with Crippen LogP contribution in [0.4, 0.5) is 5.69 Å². The Labute approximate surface area is 126 Å². The van der Waals surface area contributed by atoms with Crippen molar-refractivity contribution in [3.05, 3.63) is 35.7 Å². The lowest BCUT2D eigenvalue weighted by Crippen LogP contribution is -2.07. The summed E-state index contributed by atoms with van der Waals surface area (Å²) in [6.07, 6.45) is 0.784. The zero-order chi connectivity index (χ0) is 15.2. The number of Topliss-reactive ketones (excluding diaryl/α,β-unsaturated/α-hetero) is 1. The van der Waals surface area contributed by atoms with Crippen molar-refractivity contribution in [1.82, 2.24) is 15.2 Å². The van der Waals surface area contributed by atoms with Gasteiger partial charge in [-0.25, -0.2) is 4.98 Å². The second-order valence-corrected chi connectivity index (χ2v) is 5.33. The molecule has 0 unspecified atom stereocenters. The number of H-pyrrole nitrogens is 1. The number of hydrogen-bond donors (Lipinski definition) is 2. The third kappa shape index (κ3) is 4.42. The third-order valence-electron chi connectivity index (χ3n) is 2.71. The zero-order valence-electron chi connectivity index (χ0n) is 11.8. The Hall–Kier alpha value is -2.15. The minimum absolute atomic E-state index is 0.00257. The maximum Gasteiger partial charge on any atom is 0.221 e. The van der Waals surface area contributed by atoms with Crippen LogP contribution in [0.1, 0.15) is 30.0 Å². The molecule has 0 aliphatic rings. The lowest BCUT2D eigenvalue weighted by molar-refractivity contribution is -0.114. The smallest absolute Gasteiger partial charge is 0.221 e. The van der Waals surface area contributed by atoms with Gasteiger partial charge >= 0.3 is 0 Å². The maximum absolute atomic E-state index is 12.1. The van der Waals surface area contributed by atoms with Gasteiger partial charge in [-0.15, -0.1) is 5.10 Å². The van der Waals surface area contributed by atoms with Gasteiger partial charge in [0.2, 0.25) is 11.1 Å². The minimum Gasteiger partial charge on any atom is -0.326 e. The summed E-state index contributed by atoms with van der Waals surface area (Å²) in [5, 5.41) is 10.1. The second-order valence-electron chi connectivity index (χ2n) is 4.39. The van der Waals surface area contributed by atoms with Crippen LogP contribution in [-0.2, 0) is 11.2 Å². The third-order valence-corrected chi connectivity index (χ3v) is 3.55. The van der Waals surface area contributed by atoms with E-state index in [1.807, 2.05) is 6.92 Å². The SMILES string of the molecule is CCc1nc(SCC(=O)c2ccc(NC(C)=O)cc2)n[nH]1. The first-order valence-corrected chi connectivity index (χ1v) is 7.52. The standard InChI is InChI=1S/C14H16N4O2S/c1-3-13-16-14(18-17-13)21-8-12(20)10-4-6-11(7-5-10)15-9(2)19/h4-7H,3,8H2,1-2H3,(H,15,19)(H,16,17,18). The molecule has 2 rings (SSSR count). The molecule has 0 saturated carbocycles. The summed E-state index contributed by atoms with van der Waals surface area (Å²) in [6, 6.07) is 6.82. The Balaban J connectivity index is 1.92. The summed E-state index contributed by atoms with van der Waals surface area (Å²) in [7, 11) is 0. The van der Waals surface area contributed by atoms with E-state index in [9.17, 15) is 9.59 Å². The van der Waals surface area contributed by atoms with Crippen LogP contribution in [0.2, 0.25) is 0 Å². The van der Waals surface area contributed by atoms with E-state index >= 15 is 0 Å². The number of aryl methyl sites for hydroxylation is 1. The van der Waals surface area contributed by atoms with Crippen molar-refractivity contribution < 1.29 is 9.59 Å². The number of benzene rings is 1. The molecule has 0 atom stereocenters. The lowest BCUT2D eigenvalue weighted by Gasteiger charge is -2.03.